The molecule has 15 heavy (non-hydrogen) atoms. The van der Waals surface area contributed by atoms with Crippen molar-refractivity contribution in [3.05, 3.63) is 0 Å². The SMILES string of the molecule is CCCC(CNCC)N(CC)CCOC. The van der Waals surface area contributed by atoms with Crippen LogP contribution in [0.1, 0.15) is 33.6 Å². The van der Waals surface area contributed by atoms with Crippen molar-refractivity contribution in [3.63, 3.8) is 0 Å². The topological polar surface area (TPSA) is 24.5 Å². The molecule has 0 fully saturated rings. The summed E-state index contributed by atoms with van der Waals surface area (Å²) in [6, 6.07) is 0.662. The number of hydrogen-bond acceptors (Lipinski definition) is 3. The van der Waals surface area contributed by atoms with Gasteiger partial charge in [0, 0.05) is 26.2 Å². The Labute approximate surface area is 95.2 Å². The molecule has 92 valence electrons. The highest BCUT2D eigenvalue weighted by Crippen LogP contribution is 2.06. The summed E-state index contributed by atoms with van der Waals surface area (Å²) in [5.41, 5.74) is 0. The molecule has 0 saturated heterocycles. The van der Waals surface area contributed by atoms with Crippen LogP contribution < -0.4 is 5.32 Å². The van der Waals surface area contributed by atoms with Crippen LogP contribution in [0.4, 0.5) is 0 Å². The summed E-state index contributed by atoms with van der Waals surface area (Å²) in [5, 5.41) is 3.44. The Morgan fingerprint density at radius 2 is 2.00 bits per heavy atom. The molecule has 1 unspecified atom stereocenters. The molecule has 0 aromatic rings. The van der Waals surface area contributed by atoms with Gasteiger partial charge >= 0.3 is 0 Å². The van der Waals surface area contributed by atoms with Crippen LogP contribution in [0.2, 0.25) is 0 Å². The zero-order valence-electron chi connectivity index (χ0n) is 10.9. The van der Waals surface area contributed by atoms with Crippen LogP contribution in [0.25, 0.3) is 0 Å². The largest absolute Gasteiger partial charge is 0.383 e. The number of ether oxygens (including phenoxy) is 1. The Kier molecular flexibility index (Phi) is 10.3. The van der Waals surface area contributed by atoms with Crippen molar-refractivity contribution in [3.8, 4) is 0 Å². The third-order valence-electron chi connectivity index (χ3n) is 2.76. The molecule has 0 aromatic heterocycles. The van der Waals surface area contributed by atoms with Crippen molar-refractivity contribution in [2.24, 2.45) is 0 Å². The second kappa shape index (κ2) is 10.4. The number of nitrogens with one attached hydrogen (secondary N) is 1. The molecular formula is C12H28N2O. The molecule has 3 heteroatoms. The van der Waals surface area contributed by atoms with Crippen LogP contribution >= 0.6 is 0 Å². The van der Waals surface area contributed by atoms with E-state index >= 15 is 0 Å². The fourth-order valence-corrected chi connectivity index (χ4v) is 1.87. The number of hydrogen-bond donors (Lipinski definition) is 1. The number of methoxy groups -OCH3 is 1. The standard InChI is InChI=1S/C12H28N2O/c1-5-8-12(11-13-6-2)14(7-3)9-10-15-4/h12-13H,5-11H2,1-4H3. The molecule has 0 aromatic carbocycles. The Morgan fingerprint density at radius 1 is 1.27 bits per heavy atom. The third kappa shape index (κ3) is 6.88. The average Bonchev–Trinajstić information content (AvgIpc) is 2.26. The molecule has 0 aliphatic carbocycles. The molecule has 3 nitrogen and oxygen atoms in total. The summed E-state index contributed by atoms with van der Waals surface area (Å²) < 4.78 is 5.14. The van der Waals surface area contributed by atoms with E-state index in [9.17, 15) is 0 Å². The van der Waals surface area contributed by atoms with Crippen molar-refractivity contribution in [1.82, 2.24) is 10.2 Å². The van der Waals surface area contributed by atoms with Gasteiger partial charge in [0.15, 0.2) is 0 Å². The van der Waals surface area contributed by atoms with E-state index in [0.29, 0.717) is 6.04 Å². The minimum absolute atomic E-state index is 0.662. The molecule has 0 radical (unpaired) electrons. The molecule has 0 aliphatic rings. The zero-order chi connectivity index (χ0) is 11.5. The van der Waals surface area contributed by atoms with Gasteiger partial charge in [-0.3, -0.25) is 4.90 Å². The summed E-state index contributed by atoms with van der Waals surface area (Å²) >= 11 is 0. The Hall–Kier alpha value is -0.120. The van der Waals surface area contributed by atoms with E-state index in [2.05, 4.69) is 31.0 Å². The van der Waals surface area contributed by atoms with Crippen molar-refractivity contribution >= 4 is 0 Å². The lowest BCUT2D eigenvalue weighted by Crippen LogP contribution is -2.43. The number of rotatable bonds is 10. The minimum Gasteiger partial charge on any atom is -0.383 e. The second-order valence-electron chi connectivity index (χ2n) is 3.87. The van der Waals surface area contributed by atoms with Crippen molar-refractivity contribution in [1.29, 1.82) is 0 Å². The highest BCUT2D eigenvalue weighted by Gasteiger charge is 2.14. The Bertz CT molecular complexity index is 131. The van der Waals surface area contributed by atoms with E-state index in [4.69, 9.17) is 4.74 Å². The van der Waals surface area contributed by atoms with E-state index < -0.39 is 0 Å². The van der Waals surface area contributed by atoms with Gasteiger partial charge in [0.05, 0.1) is 6.61 Å². The van der Waals surface area contributed by atoms with Crippen LogP contribution in [0.3, 0.4) is 0 Å². The smallest absolute Gasteiger partial charge is 0.0589 e. The first-order chi connectivity index (χ1) is 7.29. The van der Waals surface area contributed by atoms with Crippen molar-refractivity contribution in [2.45, 2.75) is 39.7 Å². The second-order valence-corrected chi connectivity index (χ2v) is 3.87. The summed E-state index contributed by atoms with van der Waals surface area (Å²) in [6.45, 7) is 11.8. The molecule has 0 aliphatic heterocycles. The number of likely N-dealkylation sites (N-methyl/N-ethyl adjacent to an activating group) is 2. The van der Waals surface area contributed by atoms with Gasteiger partial charge < -0.3 is 10.1 Å². The quantitative estimate of drug-likeness (QED) is 0.602. The summed E-state index contributed by atoms with van der Waals surface area (Å²) in [5.74, 6) is 0. The lowest BCUT2D eigenvalue weighted by molar-refractivity contribution is 0.118. The predicted octanol–water partition coefficient (Wildman–Crippen LogP) is 1.73. The molecule has 0 heterocycles. The maximum atomic E-state index is 5.14. The molecule has 0 rings (SSSR count). The van der Waals surface area contributed by atoms with Crippen molar-refractivity contribution < 1.29 is 4.74 Å². The maximum Gasteiger partial charge on any atom is 0.0589 e. The molecule has 0 saturated carbocycles. The van der Waals surface area contributed by atoms with Gasteiger partial charge in [0.25, 0.3) is 0 Å². The lowest BCUT2D eigenvalue weighted by atomic mass is 10.1. The molecule has 1 N–H and O–H groups in total. The third-order valence-corrected chi connectivity index (χ3v) is 2.76. The van der Waals surface area contributed by atoms with E-state index in [-0.39, 0.29) is 0 Å². The molecule has 0 spiro atoms. The van der Waals surface area contributed by atoms with Gasteiger partial charge in [-0.1, -0.05) is 27.2 Å². The minimum atomic E-state index is 0.662. The van der Waals surface area contributed by atoms with Crippen LogP contribution in [-0.4, -0.2) is 50.8 Å². The van der Waals surface area contributed by atoms with Gasteiger partial charge in [-0.25, -0.2) is 0 Å². The molecule has 1 atom stereocenters. The van der Waals surface area contributed by atoms with E-state index in [1.807, 2.05) is 0 Å². The highest BCUT2D eigenvalue weighted by molar-refractivity contribution is 4.72. The molecule has 0 amide bonds. The zero-order valence-corrected chi connectivity index (χ0v) is 10.9. The predicted molar refractivity (Wildman–Crippen MR) is 66.4 cm³/mol. The van der Waals surface area contributed by atoms with Gasteiger partial charge in [0.1, 0.15) is 0 Å². The summed E-state index contributed by atoms with van der Waals surface area (Å²) in [7, 11) is 1.77. The Balaban J connectivity index is 4.00. The van der Waals surface area contributed by atoms with Crippen LogP contribution in [0.5, 0.6) is 0 Å². The first kappa shape index (κ1) is 14.9. The maximum absolute atomic E-state index is 5.14. The molecular weight excluding hydrogens is 188 g/mol. The first-order valence-corrected chi connectivity index (χ1v) is 6.23. The summed E-state index contributed by atoms with van der Waals surface area (Å²) in [6.07, 6.45) is 2.52. The van der Waals surface area contributed by atoms with Crippen LogP contribution in [0.15, 0.2) is 0 Å². The van der Waals surface area contributed by atoms with E-state index in [1.54, 1.807) is 7.11 Å². The lowest BCUT2D eigenvalue weighted by Gasteiger charge is -2.30. The normalized spacial score (nSPS) is 13.4. The average molecular weight is 216 g/mol. The van der Waals surface area contributed by atoms with Gasteiger partial charge in [-0.05, 0) is 19.5 Å². The van der Waals surface area contributed by atoms with E-state index in [1.165, 1.54) is 12.8 Å². The van der Waals surface area contributed by atoms with Gasteiger partial charge in [0.2, 0.25) is 0 Å². The van der Waals surface area contributed by atoms with Gasteiger partial charge in [-0.15, -0.1) is 0 Å². The Morgan fingerprint density at radius 3 is 2.47 bits per heavy atom. The van der Waals surface area contributed by atoms with Crippen molar-refractivity contribution in [2.75, 3.05) is 39.9 Å². The van der Waals surface area contributed by atoms with E-state index in [0.717, 1.165) is 32.8 Å². The summed E-state index contributed by atoms with van der Waals surface area (Å²) in [4.78, 5) is 2.51. The fourth-order valence-electron chi connectivity index (χ4n) is 1.87. The monoisotopic (exact) mass is 216 g/mol. The van der Waals surface area contributed by atoms with Crippen LogP contribution in [-0.2, 0) is 4.74 Å². The van der Waals surface area contributed by atoms with Crippen LogP contribution in [0, 0.1) is 0 Å². The highest BCUT2D eigenvalue weighted by atomic mass is 16.5. The van der Waals surface area contributed by atoms with Gasteiger partial charge in [-0.2, -0.15) is 0 Å². The first-order valence-electron chi connectivity index (χ1n) is 6.23. The molecule has 0 bridgehead atoms. The number of nitrogens with zero attached hydrogens (tertiary/aromatic N) is 1. The fraction of sp³-hybridized carbons (Fsp3) is 1.00.